The molecule has 0 amide bonds. The molecular formula is C48H99O7P. The molecule has 0 spiro atoms. The lowest BCUT2D eigenvalue weighted by Crippen LogP contribution is -2.21. The van der Waals surface area contributed by atoms with E-state index in [9.17, 15) is 19.9 Å². The van der Waals surface area contributed by atoms with E-state index in [1.54, 1.807) is 0 Å². The minimum absolute atomic E-state index is 0.304. The van der Waals surface area contributed by atoms with E-state index in [1.165, 1.54) is 193 Å². The molecule has 0 radical (unpaired) electrons. The van der Waals surface area contributed by atoms with Crippen LogP contribution in [-0.4, -0.2) is 34.2 Å². The van der Waals surface area contributed by atoms with Crippen molar-refractivity contribution in [2.24, 2.45) is 0 Å². The first-order valence-corrected chi connectivity index (χ1v) is 26.5. The van der Waals surface area contributed by atoms with Crippen molar-refractivity contribution >= 4 is 7.82 Å². The Kier molecular flexibility index (Phi) is 44.5. The predicted molar refractivity (Wildman–Crippen MR) is 240 cm³/mol. The first-order chi connectivity index (χ1) is 27.4. The Bertz CT molecular complexity index is 700. The second-order valence-corrected chi connectivity index (χ2v) is 18.7. The van der Waals surface area contributed by atoms with Crippen LogP contribution in [-0.2, 0) is 18.1 Å². The van der Waals surface area contributed by atoms with Crippen molar-refractivity contribution < 1.29 is 33.5 Å². The average Bonchev–Trinajstić information content (AvgIpc) is 3.17. The standard InChI is InChI=1S/C48H99O7P/c1-4-7-10-13-16-19-22-25-28-31-34-37-40-43-46(49)53-56(52,54-47(50)44-41-38-35-32-29-26-23-20-17-14-11-8-5-2)55-48(51)45-42-39-36-33-30-27-24-21-18-15-12-9-6-3/h46-51H,4-45H2,1-3H3. The monoisotopic (exact) mass is 819 g/mol. The summed E-state index contributed by atoms with van der Waals surface area (Å²) in [6.07, 6.45) is 44.8. The maximum Gasteiger partial charge on any atom is 0.481 e. The zero-order valence-electron chi connectivity index (χ0n) is 37.9. The van der Waals surface area contributed by atoms with Gasteiger partial charge in [-0.3, -0.25) is 13.6 Å². The van der Waals surface area contributed by atoms with Crippen LogP contribution in [0.2, 0.25) is 0 Å². The topological polar surface area (TPSA) is 105 Å². The summed E-state index contributed by atoms with van der Waals surface area (Å²) in [5.74, 6) is 0. The lowest BCUT2D eigenvalue weighted by molar-refractivity contribution is -0.123. The molecular weight excluding hydrogens is 719 g/mol. The Morgan fingerprint density at radius 1 is 0.286 bits per heavy atom. The fourth-order valence-corrected chi connectivity index (χ4v) is 9.05. The molecule has 3 atom stereocenters. The molecule has 0 aromatic carbocycles. The maximum atomic E-state index is 13.7. The van der Waals surface area contributed by atoms with E-state index in [0.29, 0.717) is 19.3 Å². The predicted octanol–water partition coefficient (Wildman–Crippen LogP) is 16.5. The fourth-order valence-electron chi connectivity index (χ4n) is 7.69. The summed E-state index contributed by atoms with van der Waals surface area (Å²) in [6.45, 7) is 6.78. The molecule has 0 aliphatic heterocycles. The summed E-state index contributed by atoms with van der Waals surface area (Å²) in [6, 6.07) is 0. The summed E-state index contributed by atoms with van der Waals surface area (Å²) >= 11 is 0. The van der Waals surface area contributed by atoms with Gasteiger partial charge in [0.2, 0.25) is 0 Å². The van der Waals surface area contributed by atoms with Crippen LogP contribution >= 0.6 is 7.82 Å². The van der Waals surface area contributed by atoms with Gasteiger partial charge in [-0.2, -0.15) is 0 Å². The van der Waals surface area contributed by atoms with Gasteiger partial charge in [0.15, 0.2) is 18.9 Å². The van der Waals surface area contributed by atoms with Gasteiger partial charge in [-0.15, -0.1) is 0 Å². The van der Waals surface area contributed by atoms with E-state index in [1.807, 2.05) is 0 Å². The fraction of sp³-hybridized carbons (Fsp3) is 1.00. The molecule has 0 aliphatic rings. The van der Waals surface area contributed by atoms with E-state index in [2.05, 4.69) is 20.8 Å². The van der Waals surface area contributed by atoms with Crippen LogP contribution in [0.25, 0.3) is 0 Å². The van der Waals surface area contributed by atoms with Gasteiger partial charge >= 0.3 is 7.82 Å². The summed E-state index contributed by atoms with van der Waals surface area (Å²) in [5.41, 5.74) is 0. The van der Waals surface area contributed by atoms with Crippen molar-refractivity contribution in [2.45, 2.75) is 309 Å². The molecule has 0 fully saturated rings. The van der Waals surface area contributed by atoms with Gasteiger partial charge < -0.3 is 15.3 Å². The summed E-state index contributed by atoms with van der Waals surface area (Å²) < 4.78 is 30.1. The summed E-state index contributed by atoms with van der Waals surface area (Å²) in [5, 5.41) is 32.0. The number of hydrogen-bond donors (Lipinski definition) is 3. The first-order valence-electron chi connectivity index (χ1n) is 25.1. The highest BCUT2D eigenvalue weighted by Gasteiger charge is 2.35. The lowest BCUT2D eigenvalue weighted by Gasteiger charge is -2.25. The van der Waals surface area contributed by atoms with Crippen molar-refractivity contribution in [1.82, 2.24) is 0 Å². The number of hydrogen-bond acceptors (Lipinski definition) is 7. The van der Waals surface area contributed by atoms with Gasteiger partial charge in [0, 0.05) is 0 Å². The van der Waals surface area contributed by atoms with E-state index in [-0.39, 0.29) is 0 Å². The van der Waals surface area contributed by atoms with Crippen molar-refractivity contribution in [3.8, 4) is 0 Å². The molecule has 0 aromatic heterocycles. The van der Waals surface area contributed by atoms with Crippen molar-refractivity contribution in [2.75, 3.05) is 0 Å². The first kappa shape index (κ1) is 56.0. The van der Waals surface area contributed by atoms with Crippen LogP contribution in [0.1, 0.15) is 290 Å². The van der Waals surface area contributed by atoms with Gasteiger partial charge in [0.05, 0.1) is 0 Å². The van der Waals surface area contributed by atoms with E-state index >= 15 is 0 Å². The molecule has 7 nitrogen and oxygen atoms in total. The lowest BCUT2D eigenvalue weighted by atomic mass is 10.0. The van der Waals surface area contributed by atoms with E-state index in [4.69, 9.17) is 13.6 Å². The third-order valence-corrected chi connectivity index (χ3v) is 12.9. The molecule has 0 aliphatic carbocycles. The largest absolute Gasteiger partial charge is 0.481 e. The third-order valence-electron chi connectivity index (χ3n) is 11.4. The molecule has 0 saturated carbocycles. The smallest absolute Gasteiger partial charge is 0.367 e. The van der Waals surface area contributed by atoms with Crippen molar-refractivity contribution in [3.05, 3.63) is 0 Å². The van der Waals surface area contributed by atoms with Crippen molar-refractivity contribution in [1.29, 1.82) is 0 Å². The average molecular weight is 819 g/mol. The summed E-state index contributed by atoms with van der Waals surface area (Å²) in [4.78, 5) is 0. The Morgan fingerprint density at radius 2 is 0.429 bits per heavy atom. The molecule has 56 heavy (non-hydrogen) atoms. The number of phosphoric acid groups is 1. The van der Waals surface area contributed by atoms with Gasteiger partial charge in [0.1, 0.15) is 0 Å². The number of aliphatic hydroxyl groups is 3. The van der Waals surface area contributed by atoms with Crippen LogP contribution in [0, 0.1) is 0 Å². The Morgan fingerprint density at radius 3 is 0.589 bits per heavy atom. The molecule has 3 unspecified atom stereocenters. The highest BCUT2D eigenvalue weighted by Crippen LogP contribution is 2.53. The van der Waals surface area contributed by atoms with Gasteiger partial charge in [-0.05, 0) is 38.5 Å². The van der Waals surface area contributed by atoms with Crippen LogP contribution in [0.3, 0.4) is 0 Å². The van der Waals surface area contributed by atoms with Gasteiger partial charge in [0.25, 0.3) is 0 Å². The minimum Gasteiger partial charge on any atom is -0.367 e. The molecule has 0 bridgehead atoms. The van der Waals surface area contributed by atoms with Crippen LogP contribution in [0.15, 0.2) is 0 Å². The molecule has 8 heteroatoms. The second kappa shape index (κ2) is 44.5. The van der Waals surface area contributed by atoms with Crippen LogP contribution in [0.4, 0.5) is 0 Å². The van der Waals surface area contributed by atoms with Gasteiger partial charge in [-0.25, -0.2) is 4.57 Å². The third kappa shape index (κ3) is 42.1. The maximum absolute atomic E-state index is 13.7. The minimum atomic E-state index is -4.40. The zero-order valence-corrected chi connectivity index (χ0v) is 38.7. The molecule has 3 N–H and O–H groups in total. The molecule has 0 aromatic rings. The van der Waals surface area contributed by atoms with Gasteiger partial charge in [-0.1, -0.05) is 252 Å². The van der Waals surface area contributed by atoms with E-state index in [0.717, 1.165) is 57.8 Å². The number of aliphatic hydroxyl groups excluding tert-OH is 3. The zero-order chi connectivity index (χ0) is 41.1. The van der Waals surface area contributed by atoms with Crippen molar-refractivity contribution in [3.63, 3.8) is 0 Å². The van der Waals surface area contributed by atoms with Crippen LogP contribution in [0.5, 0.6) is 0 Å². The number of unbranched alkanes of at least 4 members (excludes halogenated alkanes) is 36. The number of phosphoric ester groups is 1. The molecule has 0 rings (SSSR count). The molecule has 338 valence electrons. The highest BCUT2D eigenvalue weighted by molar-refractivity contribution is 7.48. The quantitative estimate of drug-likeness (QED) is 0.0319. The number of rotatable bonds is 48. The second-order valence-electron chi connectivity index (χ2n) is 17.2. The molecule has 0 saturated heterocycles. The Labute approximate surface area is 349 Å². The van der Waals surface area contributed by atoms with E-state index < -0.39 is 26.7 Å². The highest BCUT2D eigenvalue weighted by atomic mass is 31.2. The Hall–Kier alpha value is -0.0100. The molecule has 0 heterocycles. The normalized spacial score (nSPS) is 14.6. The Balaban J connectivity index is 4.47. The van der Waals surface area contributed by atoms with Crippen LogP contribution < -0.4 is 0 Å². The SMILES string of the molecule is CCCCCCCCCCCCCCCC(O)OP(=O)(OC(O)CCCCCCCCCCCCCCC)OC(O)CCCCCCCCCCCCCCC. The summed E-state index contributed by atoms with van der Waals surface area (Å²) in [7, 11) is -4.40.